The van der Waals surface area contributed by atoms with E-state index in [-0.39, 0.29) is 4.90 Å². The molecule has 1 atom stereocenters. The Morgan fingerprint density at radius 2 is 1.87 bits per heavy atom. The third kappa shape index (κ3) is 1.70. The van der Waals surface area contributed by atoms with E-state index < -0.39 is 14.8 Å². The molecule has 0 aliphatic carbocycles. The molecule has 5 heteroatoms. The van der Waals surface area contributed by atoms with Crippen molar-refractivity contribution in [2.24, 2.45) is 0 Å². The Balaban J connectivity index is 3.42. The van der Waals surface area contributed by atoms with Gasteiger partial charge in [0, 0.05) is 0 Å². The fraction of sp³-hybridized carbons (Fsp3) is 0.100. The van der Waals surface area contributed by atoms with Crippen LogP contribution < -0.4 is 0 Å². The number of nitriles is 1. The van der Waals surface area contributed by atoms with Crippen molar-refractivity contribution in [3.8, 4) is 18.4 Å². The van der Waals surface area contributed by atoms with Gasteiger partial charge < -0.3 is 0 Å². The quantitative estimate of drug-likeness (QED) is 0.710. The molecule has 0 aliphatic rings. The summed E-state index contributed by atoms with van der Waals surface area (Å²) in [5, 5.41) is 5.12. The Morgan fingerprint density at radius 3 is 2.27 bits per heavy atom. The smallest absolute Gasteiger partial charge is 0.218 e. The molecule has 0 aliphatic heterocycles. The summed E-state index contributed by atoms with van der Waals surface area (Å²) in [7, 11) is -4.46. The van der Waals surface area contributed by atoms with Gasteiger partial charge in [-0.25, -0.2) is 8.42 Å². The predicted molar refractivity (Wildman–Crippen MR) is 51.9 cm³/mol. The Kier molecular flexibility index (Phi) is 2.78. The van der Waals surface area contributed by atoms with Crippen LogP contribution in [0.15, 0.2) is 35.2 Å². The minimum Gasteiger partial charge on any atom is -0.218 e. The molecule has 3 nitrogen and oxygen atoms in total. The first-order valence-corrected chi connectivity index (χ1v) is 5.34. The van der Waals surface area contributed by atoms with Crippen LogP contribution in [0.4, 0.5) is 4.39 Å². The van der Waals surface area contributed by atoms with Gasteiger partial charge in [0.05, 0.1) is 4.90 Å². The van der Waals surface area contributed by atoms with Crippen molar-refractivity contribution >= 4 is 9.84 Å². The van der Waals surface area contributed by atoms with Gasteiger partial charge in [0.15, 0.2) is 0 Å². The van der Waals surface area contributed by atoms with E-state index in [0.29, 0.717) is 0 Å². The van der Waals surface area contributed by atoms with Gasteiger partial charge in [0.1, 0.15) is 6.07 Å². The molecule has 0 saturated heterocycles. The van der Waals surface area contributed by atoms with E-state index >= 15 is 0 Å². The van der Waals surface area contributed by atoms with Crippen LogP contribution in [0.3, 0.4) is 0 Å². The van der Waals surface area contributed by atoms with Crippen LogP contribution in [0.5, 0.6) is 0 Å². The van der Waals surface area contributed by atoms with E-state index in [2.05, 4.69) is 0 Å². The molecule has 1 rings (SSSR count). The number of sulfone groups is 1. The Morgan fingerprint density at radius 1 is 1.33 bits per heavy atom. The van der Waals surface area contributed by atoms with Crippen LogP contribution in [-0.2, 0) is 9.84 Å². The average Bonchev–Trinajstić information content (AvgIpc) is 2.29. The molecule has 0 N–H and O–H groups in total. The lowest BCUT2D eigenvalue weighted by Gasteiger charge is -2.11. The molecule has 0 heterocycles. The largest absolute Gasteiger partial charge is 0.358 e. The van der Waals surface area contributed by atoms with Crippen molar-refractivity contribution in [1.29, 1.82) is 5.26 Å². The van der Waals surface area contributed by atoms with Crippen molar-refractivity contribution in [1.82, 2.24) is 0 Å². The van der Waals surface area contributed by atoms with E-state index in [9.17, 15) is 12.8 Å². The molecule has 0 bridgehead atoms. The van der Waals surface area contributed by atoms with Crippen LogP contribution in [0, 0.1) is 23.7 Å². The van der Waals surface area contributed by atoms with Crippen molar-refractivity contribution in [3.05, 3.63) is 30.3 Å². The number of terminal acetylenes is 1. The molecule has 0 aromatic heterocycles. The molecule has 0 amide bonds. The van der Waals surface area contributed by atoms with E-state index in [1.165, 1.54) is 30.2 Å². The zero-order valence-electron chi connectivity index (χ0n) is 7.51. The third-order valence-electron chi connectivity index (χ3n) is 1.75. The highest BCUT2D eigenvalue weighted by molar-refractivity contribution is 7.93. The fourth-order valence-corrected chi connectivity index (χ4v) is 2.05. The van der Waals surface area contributed by atoms with Gasteiger partial charge in [-0.1, -0.05) is 18.2 Å². The summed E-state index contributed by atoms with van der Waals surface area (Å²) in [5.41, 5.74) is 0. The van der Waals surface area contributed by atoms with E-state index in [1.807, 2.05) is 0 Å². The summed E-state index contributed by atoms with van der Waals surface area (Å²) in [4.78, 5) is -0.313. The summed E-state index contributed by atoms with van der Waals surface area (Å²) in [6.45, 7) is 0. The Labute approximate surface area is 87.1 Å². The molecule has 0 radical (unpaired) electrons. The van der Waals surface area contributed by atoms with Crippen LogP contribution in [-0.4, -0.2) is 13.4 Å². The number of nitrogens with zero attached hydrogens (tertiary/aromatic N) is 1. The summed E-state index contributed by atoms with van der Waals surface area (Å²) >= 11 is 0. The standard InChI is InChI=1S/C10H6FNO2S/c1-2-10(11,8-12)15(13,14)9-6-4-3-5-7-9/h1,3-7H. The van der Waals surface area contributed by atoms with Crippen molar-refractivity contribution in [2.45, 2.75) is 9.90 Å². The second-order valence-electron chi connectivity index (χ2n) is 2.67. The van der Waals surface area contributed by atoms with E-state index in [0.717, 1.165) is 6.07 Å². The van der Waals surface area contributed by atoms with Crippen molar-refractivity contribution in [3.63, 3.8) is 0 Å². The Hall–Kier alpha value is -1.85. The topological polar surface area (TPSA) is 57.9 Å². The van der Waals surface area contributed by atoms with Crippen molar-refractivity contribution in [2.75, 3.05) is 0 Å². The van der Waals surface area contributed by atoms with Gasteiger partial charge >= 0.3 is 5.00 Å². The molecular weight excluding hydrogens is 217 g/mol. The molecule has 0 saturated carbocycles. The predicted octanol–water partition coefficient (Wildman–Crippen LogP) is 1.28. The minimum absolute atomic E-state index is 0.313. The van der Waals surface area contributed by atoms with Crippen LogP contribution in [0.25, 0.3) is 0 Å². The summed E-state index contributed by atoms with van der Waals surface area (Å²) in [6, 6.07) is 7.74. The zero-order chi connectivity index (χ0) is 11.5. The van der Waals surface area contributed by atoms with Crippen LogP contribution in [0.1, 0.15) is 0 Å². The molecule has 15 heavy (non-hydrogen) atoms. The number of rotatable bonds is 2. The lowest BCUT2D eigenvalue weighted by Crippen LogP contribution is -2.30. The van der Waals surface area contributed by atoms with Crippen molar-refractivity contribution < 1.29 is 12.8 Å². The van der Waals surface area contributed by atoms with E-state index in [1.54, 1.807) is 6.07 Å². The summed E-state index contributed by atoms with van der Waals surface area (Å²) < 4.78 is 36.7. The van der Waals surface area contributed by atoms with Gasteiger partial charge in [-0.15, -0.1) is 6.42 Å². The molecule has 76 valence electrons. The maximum atomic E-state index is 13.5. The highest BCUT2D eigenvalue weighted by Gasteiger charge is 2.44. The molecule has 0 spiro atoms. The summed E-state index contributed by atoms with van der Waals surface area (Å²) in [6.07, 6.45) is 4.71. The molecule has 1 aromatic rings. The van der Waals surface area contributed by atoms with Gasteiger partial charge in [0.2, 0.25) is 9.84 Å². The van der Waals surface area contributed by atoms with Gasteiger partial charge in [-0.3, -0.25) is 0 Å². The number of hydrogen-bond acceptors (Lipinski definition) is 3. The number of halogens is 1. The number of benzene rings is 1. The molecular formula is C10H6FNO2S. The maximum Gasteiger partial charge on any atom is 0.358 e. The van der Waals surface area contributed by atoms with E-state index in [4.69, 9.17) is 11.7 Å². The van der Waals surface area contributed by atoms with Crippen LogP contribution in [0.2, 0.25) is 0 Å². The first-order chi connectivity index (χ1) is 6.98. The third-order valence-corrected chi connectivity index (χ3v) is 3.60. The second-order valence-corrected chi connectivity index (χ2v) is 4.71. The number of alkyl halides is 1. The van der Waals surface area contributed by atoms with Gasteiger partial charge in [0.25, 0.3) is 0 Å². The number of hydrogen-bond donors (Lipinski definition) is 0. The normalized spacial score (nSPS) is 14.6. The molecule has 1 unspecified atom stereocenters. The van der Waals surface area contributed by atoms with Gasteiger partial charge in [-0.2, -0.15) is 9.65 Å². The molecule has 0 fully saturated rings. The highest BCUT2D eigenvalue weighted by Crippen LogP contribution is 2.25. The SMILES string of the molecule is C#CC(F)(C#N)S(=O)(=O)c1ccccc1. The average molecular weight is 223 g/mol. The monoisotopic (exact) mass is 223 g/mol. The minimum atomic E-state index is -4.46. The first-order valence-electron chi connectivity index (χ1n) is 3.85. The molecule has 1 aromatic carbocycles. The first kappa shape index (κ1) is 11.2. The van der Waals surface area contributed by atoms with Crippen LogP contribution >= 0.6 is 0 Å². The highest BCUT2D eigenvalue weighted by atomic mass is 32.2. The fourth-order valence-electron chi connectivity index (χ4n) is 0.932. The lowest BCUT2D eigenvalue weighted by molar-refractivity contribution is 0.413. The van der Waals surface area contributed by atoms with Gasteiger partial charge in [-0.05, 0) is 18.1 Å². The Bertz CT molecular complexity index is 523. The zero-order valence-corrected chi connectivity index (χ0v) is 8.33. The maximum absolute atomic E-state index is 13.5. The summed E-state index contributed by atoms with van der Waals surface area (Å²) in [5.74, 6) is 1.35. The second kappa shape index (κ2) is 3.72. The lowest BCUT2D eigenvalue weighted by atomic mass is 10.4.